The van der Waals surface area contributed by atoms with Gasteiger partial charge in [0.05, 0.1) is 0 Å². The molecule has 86 valence electrons. The predicted octanol–water partition coefficient (Wildman–Crippen LogP) is 3.32. The molecule has 0 saturated carbocycles. The van der Waals surface area contributed by atoms with E-state index in [4.69, 9.17) is 17.0 Å². The molecule has 0 radical (unpaired) electrons. The van der Waals surface area contributed by atoms with Crippen molar-refractivity contribution in [2.24, 2.45) is 0 Å². The van der Waals surface area contributed by atoms with E-state index >= 15 is 0 Å². The van der Waals surface area contributed by atoms with Gasteiger partial charge >= 0.3 is 37.9 Å². The monoisotopic (exact) mass is 346 g/mol. The molecule has 0 atom stereocenters. The molecule has 0 fully saturated rings. The Morgan fingerprint density at radius 3 is 1.31 bits per heavy atom. The van der Waals surface area contributed by atoms with Gasteiger partial charge in [0.2, 0.25) is 0 Å². The van der Waals surface area contributed by atoms with Crippen LogP contribution in [0.2, 0.25) is 13.1 Å². The molecule has 0 heterocycles. The number of hydrogen-bond acceptors (Lipinski definition) is 0. The first-order valence-corrected chi connectivity index (χ1v) is 14.4. The van der Waals surface area contributed by atoms with Gasteiger partial charge in [-0.25, -0.2) is 24.3 Å². The van der Waals surface area contributed by atoms with Gasteiger partial charge < -0.3 is 0 Å². The molecule has 4 heteroatoms. The van der Waals surface area contributed by atoms with Crippen LogP contribution in [0.4, 0.5) is 0 Å². The molecule has 0 unspecified atom stereocenters. The third-order valence-electron chi connectivity index (χ3n) is 2.77. The number of hydrogen-bond donors (Lipinski definition) is 0. The summed E-state index contributed by atoms with van der Waals surface area (Å²) < 4.78 is 0. The average molecular weight is 348 g/mol. The second-order valence-corrected chi connectivity index (χ2v) is 12.2. The molecular weight excluding hydrogens is 334 g/mol. The molecule has 2 aromatic rings. The molecule has 0 aliphatic heterocycles. The van der Waals surface area contributed by atoms with Crippen molar-refractivity contribution < 1.29 is 20.8 Å². The Kier molecular flexibility index (Phi) is 6.28. The standard InChI is InChI=1S/C12H14Si.2ClH.Zr/c1-13(2,11-7-3-4-8-11)12-9-5-6-10-12;;;/h3-10H,1-2H3;2*1H;/q-2;;;+2/p-2. The van der Waals surface area contributed by atoms with E-state index in [2.05, 4.69) is 61.6 Å². The fourth-order valence-corrected chi connectivity index (χ4v) is 4.13. The minimum atomic E-state index is -1.35. The van der Waals surface area contributed by atoms with E-state index in [9.17, 15) is 0 Å². The Morgan fingerprint density at radius 1 is 0.812 bits per heavy atom. The van der Waals surface area contributed by atoms with Gasteiger partial charge in [-0.05, 0) is 8.07 Å². The number of halogens is 2. The van der Waals surface area contributed by atoms with Crippen molar-refractivity contribution in [2.75, 3.05) is 0 Å². The van der Waals surface area contributed by atoms with E-state index in [1.54, 1.807) is 0 Å². The van der Waals surface area contributed by atoms with E-state index in [0.717, 1.165) is 0 Å². The molecule has 0 spiro atoms. The molecule has 16 heavy (non-hydrogen) atoms. The second-order valence-electron chi connectivity index (χ2n) is 4.04. The zero-order chi connectivity index (χ0) is 12.0. The third kappa shape index (κ3) is 3.70. The molecule has 0 aliphatic rings. The SMILES string of the molecule is C[Si](C)([c-]1cccc1)[c-]1cccc1.[Cl][Zr][Cl]. The van der Waals surface area contributed by atoms with Crippen LogP contribution in [0.5, 0.6) is 0 Å². The Labute approximate surface area is 117 Å². The summed E-state index contributed by atoms with van der Waals surface area (Å²) in [7, 11) is 8.52. The second kappa shape index (κ2) is 6.96. The summed E-state index contributed by atoms with van der Waals surface area (Å²) in [5.74, 6) is 0. The van der Waals surface area contributed by atoms with Gasteiger partial charge in [-0.15, -0.1) is 0 Å². The van der Waals surface area contributed by atoms with Crippen LogP contribution in [0.15, 0.2) is 48.5 Å². The van der Waals surface area contributed by atoms with Gasteiger partial charge in [0, 0.05) is 0 Å². The van der Waals surface area contributed by atoms with Gasteiger partial charge in [0.15, 0.2) is 0 Å². The topological polar surface area (TPSA) is 0 Å². The quantitative estimate of drug-likeness (QED) is 0.577. The van der Waals surface area contributed by atoms with Crippen LogP contribution in [-0.4, -0.2) is 8.07 Å². The minimum absolute atomic E-state index is 0.826. The van der Waals surface area contributed by atoms with Crippen LogP contribution in [0.25, 0.3) is 0 Å². The van der Waals surface area contributed by atoms with Gasteiger partial charge in [-0.2, -0.15) is 34.6 Å². The summed E-state index contributed by atoms with van der Waals surface area (Å²) in [6.07, 6.45) is 0. The van der Waals surface area contributed by atoms with Crippen LogP contribution in [0.3, 0.4) is 0 Å². The molecule has 0 aromatic heterocycles. The molecule has 0 nitrogen and oxygen atoms in total. The Morgan fingerprint density at radius 2 is 1.06 bits per heavy atom. The summed E-state index contributed by atoms with van der Waals surface area (Å²) >= 11 is -0.826. The van der Waals surface area contributed by atoms with Crippen LogP contribution >= 0.6 is 17.0 Å². The van der Waals surface area contributed by atoms with Crippen LogP contribution in [0, 0.1) is 0 Å². The van der Waals surface area contributed by atoms with Gasteiger partial charge in [0.1, 0.15) is 0 Å². The van der Waals surface area contributed by atoms with E-state index in [-0.39, 0.29) is 0 Å². The van der Waals surface area contributed by atoms with Gasteiger partial charge in [0.25, 0.3) is 0 Å². The molecule has 0 saturated heterocycles. The van der Waals surface area contributed by atoms with Crippen molar-refractivity contribution in [3.63, 3.8) is 0 Å². The number of rotatable bonds is 2. The molecule has 0 amide bonds. The zero-order valence-corrected chi connectivity index (χ0v) is 14.3. The van der Waals surface area contributed by atoms with E-state index in [0.29, 0.717) is 0 Å². The van der Waals surface area contributed by atoms with Crippen LogP contribution in [-0.2, 0) is 20.8 Å². The average Bonchev–Trinajstić information content (AvgIpc) is 2.93. The zero-order valence-electron chi connectivity index (χ0n) is 9.37. The summed E-state index contributed by atoms with van der Waals surface area (Å²) in [5.41, 5.74) is 0. The fraction of sp³-hybridized carbons (Fsp3) is 0.167. The summed E-state index contributed by atoms with van der Waals surface area (Å²) in [6.45, 7) is 4.80. The Hall–Kier alpha value is 0.380. The van der Waals surface area contributed by atoms with E-state index in [1.165, 1.54) is 10.4 Å². The van der Waals surface area contributed by atoms with Gasteiger partial charge in [-0.1, -0.05) is 13.1 Å². The van der Waals surface area contributed by atoms with E-state index in [1.807, 2.05) is 0 Å². The third-order valence-corrected chi connectivity index (χ3v) is 6.32. The maximum atomic E-state index is 4.93. The van der Waals surface area contributed by atoms with Crippen molar-refractivity contribution >= 4 is 35.5 Å². The Bertz CT molecular complexity index is 343. The molecule has 0 bridgehead atoms. The van der Waals surface area contributed by atoms with Gasteiger partial charge in [-0.3, -0.25) is 0 Å². The first-order valence-electron chi connectivity index (χ1n) is 5.03. The van der Waals surface area contributed by atoms with Crippen molar-refractivity contribution in [3.8, 4) is 0 Å². The van der Waals surface area contributed by atoms with Crippen molar-refractivity contribution in [2.45, 2.75) is 13.1 Å². The normalized spacial score (nSPS) is 10.5. The summed E-state index contributed by atoms with van der Waals surface area (Å²) in [6, 6.07) is 17.5. The van der Waals surface area contributed by atoms with E-state index < -0.39 is 28.9 Å². The van der Waals surface area contributed by atoms with Crippen LogP contribution < -0.4 is 10.4 Å². The summed E-state index contributed by atoms with van der Waals surface area (Å²) in [5, 5.41) is 3.05. The van der Waals surface area contributed by atoms with Crippen molar-refractivity contribution in [1.82, 2.24) is 0 Å². The van der Waals surface area contributed by atoms with Crippen molar-refractivity contribution in [3.05, 3.63) is 48.5 Å². The molecular formula is C12H14Cl2SiZr-2. The molecule has 0 aliphatic carbocycles. The molecule has 2 rings (SSSR count). The predicted molar refractivity (Wildman–Crippen MR) is 72.5 cm³/mol. The fourth-order valence-electron chi connectivity index (χ4n) is 1.75. The summed E-state index contributed by atoms with van der Waals surface area (Å²) in [4.78, 5) is 0. The first kappa shape index (κ1) is 14.4. The molecule has 2 aromatic carbocycles. The van der Waals surface area contributed by atoms with Crippen LogP contribution in [0.1, 0.15) is 0 Å². The van der Waals surface area contributed by atoms with Crippen molar-refractivity contribution in [1.29, 1.82) is 0 Å². The first-order chi connectivity index (χ1) is 7.62. The maximum absolute atomic E-state index is 4.93. The Balaban J connectivity index is 0.000000386. The molecule has 0 N–H and O–H groups in total.